The molecule has 1 aliphatic rings. The van der Waals surface area contributed by atoms with Crippen molar-refractivity contribution in [2.75, 3.05) is 13.1 Å². The molecular weight excluding hydrogens is 176 g/mol. The minimum absolute atomic E-state index is 0.0709. The van der Waals surface area contributed by atoms with Crippen LogP contribution in [0.25, 0.3) is 0 Å². The lowest BCUT2D eigenvalue weighted by atomic mass is 10.0. The van der Waals surface area contributed by atoms with Crippen LogP contribution in [0.4, 0.5) is 0 Å². The fourth-order valence-corrected chi connectivity index (χ4v) is 1.21. The Hall–Kier alpha value is -1.35. The lowest BCUT2D eigenvalue weighted by molar-refractivity contribution is -0.116. The normalized spacial score (nSPS) is 20.2. The third-order valence-electron chi connectivity index (χ3n) is 1.95. The minimum Gasteiger partial charge on any atom is -0.351 e. The van der Waals surface area contributed by atoms with Crippen LogP contribution in [0.2, 0.25) is 0 Å². The summed E-state index contributed by atoms with van der Waals surface area (Å²) in [4.78, 5) is 11.1. The molecule has 1 rings (SSSR count). The Morgan fingerprint density at radius 2 is 2.43 bits per heavy atom. The van der Waals surface area contributed by atoms with E-state index in [1.807, 2.05) is 18.2 Å². The summed E-state index contributed by atoms with van der Waals surface area (Å²) < 4.78 is 0. The van der Waals surface area contributed by atoms with E-state index >= 15 is 0 Å². The van der Waals surface area contributed by atoms with E-state index < -0.39 is 0 Å². The quantitative estimate of drug-likeness (QED) is 0.646. The van der Waals surface area contributed by atoms with Crippen LogP contribution in [-0.2, 0) is 4.79 Å². The summed E-state index contributed by atoms with van der Waals surface area (Å²) in [6.07, 6.45) is 12.6. The molecule has 76 valence electrons. The highest BCUT2D eigenvalue weighted by Crippen LogP contribution is 2.12. The number of nitrogens with one attached hydrogen (secondary N) is 1. The maximum Gasteiger partial charge on any atom is 0.243 e. The Kier molecular flexibility index (Phi) is 4.72. The SMILES string of the molecule is NCCNC(=O)C=CC1C=CC=CC1. The highest BCUT2D eigenvalue weighted by atomic mass is 16.1. The molecule has 0 aromatic heterocycles. The molecule has 3 nitrogen and oxygen atoms in total. The molecular formula is C11H16N2O. The fraction of sp³-hybridized carbons (Fsp3) is 0.364. The van der Waals surface area contributed by atoms with Crippen LogP contribution in [-0.4, -0.2) is 19.0 Å². The van der Waals surface area contributed by atoms with Crippen molar-refractivity contribution >= 4 is 5.91 Å². The molecule has 14 heavy (non-hydrogen) atoms. The number of carbonyl (C=O) groups is 1. The van der Waals surface area contributed by atoms with Gasteiger partial charge in [0.05, 0.1) is 0 Å². The second-order valence-electron chi connectivity index (χ2n) is 3.15. The zero-order valence-electron chi connectivity index (χ0n) is 8.15. The molecule has 0 saturated heterocycles. The van der Waals surface area contributed by atoms with E-state index in [2.05, 4.69) is 17.5 Å². The van der Waals surface area contributed by atoms with Gasteiger partial charge in [-0.1, -0.05) is 30.4 Å². The second kappa shape index (κ2) is 6.16. The summed E-state index contributed by atoms with van der Waals surface area (Å²) >= 11 is 0. The van der Waals surface area contributed by atoms with E-state index in [1.54, 1.807) is 6.08 Å². The van der Waals surface area contributed by atoms with Crippen LogP contribution < -0.4 is 11.1 Å². The molecule has 0 aromatic carbocycles. The lowest BCUT2D eigenvalue weighted by Crippen LogP contribution is -2.27. The standard InChI is InChI=1S/C11H16N2O/c12-8-9-13-11(14)7-6-10-4-2-1-3-5-10/h1-4,6-7,10H,5,8-9,12H2,(H,13,14). The number of hydrogen-bond donors (Lipinski definition) is 2. The van der Waals surface area contributed by atoms with E-state index in [0.717, 1.165) is 6.42 Å². The molecule has 3 heteroatoms. The smallest absolute Gasteiger partial charge is 0.243 e. The summed E-state index contributed by atoms with van der Waals surface area (Å²) in [5, 5.41) is 2.68. The first-order chi connectivity index (χ1) is 6.83. The molecule has 0 aromatic rings. The second-order valence-corrected chi connectivity index (χ2v) is 3.15. The third kappa shape index (κ3) is 4.05. The summed E-state index contributed by atoms with van der Waals surface area (Å²) in [5.41, 5.74) is 5.26. The van der Waals surface area contributed by atoms with Gasteiger partial charge in [-0.05, 0) is 18.4 Å². The first-order valence-corrected chi connectivity index (χ1v) is 4.82. The van der Waals surface area contributed by atoms with Crippen LogP contribution in [0, 0.1) is 5.92 Å². The number of carbonyl (C=O) groups excluding carboxylic acids is 1. The predicted octanol–water partition coefficient (Wildman–Crippen LogP) is 0.750. The Morgan fingerprint density at radius 1 is 1.57 bits per heavy atom. The van der Waals surface area contributed by atoms with E-state index in [9.17, 15) is 4.79 Å². The maximum atomic E-state index is 11.1. The molecule has 1 amide bonds. The zero-order valence-corrected chi connectivity index (χ0v) is 8.15. The van der Waals surface area contributed by atoms with Crippen LogP contribution >= 0.6 is 0 Å². The van der Waals surface area contributed by atoms with Crippen molar-refractivity contribution < 1.29 is 4.79 Å². The van der Waals surface area contributed by atoms with Crippen molar-refractivity contribution in [1.29, 1.82) is 0 Å². The van der Waals surface area contributed by atoms with Crippen molar-refractivity contribution in [1.82, 2.24) is 5.32 Å². The highest BCUT2D eigenvalue weighted by molar-refractivity contribution is 5.87. The van der Waals surface area contributed by atoms with E-state index in [-0.39, 0.29) is 5.91 Å². The first-order valence-electron chi connectivity index (χ1n) is 4.82. The Bertz CT molecular complexity index is 266. The minimum atomic E-state index is -0.0709. The van der Waals surface area contributed by atoms with Crippen LogP contribution in [0.3, 0.4) is 0 Å². The Morgan fingerprint density at radius 3 is 3.07 bits per heavy atom. The van der Waals surface area contributed by atoms with E-state index in [0.29, 0.717) is 19.0 Å². The highest BCUT2D eigenvalue weighted by Gasteiger charge is 2.00. The van der Waals surface area contributed by atoms with Gasteiger partial charge in [-0.15, -0.1) is 0 Å². The summed E-state index contributed by atoms with van der Waals surface area (Å²) in [6, 6.07) is 0. The van der Waals surface area contributed by atoms with Crippen LogP contribution in [0.15, 0.2) is 36.5 Å². The molecule has 0 radical (unpaired) electrons. The molecule has 1 aliphatic carbocycles. The molecule has 3 N–H and O–H groups in total. The first kappa shape index (κ1) is 10.7. The average Bonchev–Trinajstić information content (AvgIpc) is 2.25. The monoisotopic (exact) mass is 192 g/mol. The van der Waals surface area contributed by atoms with Gasteiger partial charge < -0.3 is 11.1 Å². The number of rotatable bonds is 4. The van der Waals surface area contributed by atoms with Crippen molar-refractivity contribution in [2.45, 2.75) is 6.42 Å². The third-order valence-corrected chi connectivity index (χ3v) is 1.95. The molecule has 0 aliphatic heterocycles. The van der Waals surface area contributed by atoms with Crippen LogP contribution in [0.5, 0.6) is 0 Å². The Labute approximate surface area is 84.4 Å². The lowest BCUT2D eigenvalue weighted by Gasteiger charge is -2.06. The van der Waals surface area contributed by atoms with Crippen molar-refractivity contribution in [2.24, 2.45) is 11.7 Å². The molecule has 0 spiro atoms. The van der Waals surface area contributed by atoms with Gasteiger partial charge >= 0.3 is 0 Å². The molecule has 1 unspecified atom stereocenters. The summed E-state index contributed by atoms with van der Waals surface area (Å²) in [7, 11) is 0. The van der Waals surface area contributed by atoms with Crippen molar-refractivity contribution in [3.63, 3.8) is 0 Å². The van der Waals surface area contributed by atoms with Crippen LogP contribution in [0.1, 0.15) is 6.42 Å². The van der Waals surface area contributed by atoms with Gasteiger partial charge in [0, 0.05) is 13.1 Å². The van der Waals surface area contributed by atoms with Gasteiger partial charge in [-0.3, -0.25) is 4.79 Å². The fourth-order valence-electron chi connectivity index (χ4n) is 1.21. The van der Waals surface area contributed by atoms with E-state index in [1.165, 1.54) is 0 Å². The van der Waals surface area contributed by atoms with Gasteiger partial charge in [0.15, 0.2) is 0 Å². The molecule has 0 bridgehead atoms. The summed E-state index contributed by atoms with van der Waals surface area (Å²) in [6.45, 7) is 1.01. The molecule has 0 heterocycles. The predicted molar refractivity (Wildman–Crippen MR) is 57.6 cm³/mol. The van der Waals surface area contributed by atoms with Crippen molar-refractivity contribution in [3.05, 3.63) is 36.5 Å². The number of allylic oxidation sites excluding steroid dienone is 5. The molecule has 0 saturated carbocycles. The number of nitrogens with two attached hydrogens (primary N) is 1. The summed E-state index contributed by atoms with van der Waals surface area (Å²) in [5.74, 6) is 0.280. The maximum absolute atomic E-state index is 11.1. The molecule has 0 fully saturated rings. The zero-order chi connectivity index (χ0) is 10.2. The van der Waals surface area contributed by atoms with E-state index in [4.69, 9.17) is 5.73 Å². The molecule has 1 atom stereocenters. The average molecular weight is 192 g/mol. The van der Waals surface area contributed by atoms with Crippen molar-refractivity contribution in [3.8, 4) is 0 Å². The van der Waals surface area contributed by atoms with Gasteiger partial charge in [-0.2, -0.15) is 0 Å². The number of amides is 1. The topological polar surface area (TPSA) is 55.1 Å². The Balaban J connectivity index is 2.28. The van der Waals surface area contributed by atoms with Gasteiger partial charge in [0.25, 0.3) is 0 Å². The van der Waals surface area contributed by atoms with Gasteiger partial charge in [0.1, 0.15) is 0 Å². The van der Waals surface area contributed by atoms with Gasteiger partial charge in [-0.25, -0.2) is 0 Å². The number of hydrogen-bond acceptors (Lipinski definition) is 2. The largest absolute Gasteiger partial charge is 0.351 e. The van der Waals surface area contributed by atoms with Gasteiger partial charge in [0.2, 0.25) is 5.91 Å².